The third kappa shape index (κ3) is 4.46. The van der Waals surface area contributed by atoms with Crippen LogP contribution in [0.2, 0.25) is 0 Å². The lowest BCUT2D eigenvalue weighted by molar-refractivity contribution is 0.440. The van der Waals surface area contributed by atoms with E-state index in [4.69, 9.17) is 5.11 Å². The summed E-state index contributed by atoms with van der Waals surface area (Å²) in [5.41, 5.74) is 0. The Kier molecular flexibility index (Phi) is 3.96. The van der Waals surface area contributed by atoms with Gasteiger partial charge in [0.15, 0.2) is 0 Å². The summed E-state index contributed by atoms with van der Waals surface area (Å²) in [6, 6.07) is 12.6. The van der Waals surface area contributed by atoms with Crippen LogP contribution < -0.4 is 4.18 Å². The molecule has 0 unspecified atom stereocenters. The Bertz CT molecular complexity index is 651. The van der Waals surface area contributed by atoms with Crippen molar-refractivity contribution >= 4 is 22.3 Å². The van der Waals surface area contributed by atoms with Gasteiger partial charge in [0.1, 0.15) is 11.5 Å². The van der Waals surface area contributed by atoms with Crippen LogP contribution in [0.1, 0.15) is 0 Å². The van der Waals surface area contributed by atoms with Gasteiger partial charge >= 0.3 is 10.5 Å². The SMILES string of the molecule is O=S(=O)(F)Oc1ccc(Sc2ccc(O)cc2)cc1. The number of hydrogen-bond donors (Lipinski definition) is 1. The fourth-order valence-electron chi connectivity index (χ4n) is 1.33. The van der Waals surface area contributed by atoms with Gasteiger partial charge in [-0.3, -0.25) is 0 Å². The van der Waals surface area contributed by atoms with E-state index in [-0.39, 0.29) is 11.5 Å². The molecule has 0 radical (unpaired) electrons. The summed E-state index contributed by atoms with van der Waals surface area (Å²) >= 11 is 1.41. The first-order valence-corrected chi connectivity index (χ1v) is 7.26. The Morgan fingerprint density at radius 2 is 1.42 bits per heavy atom. The molecule has 0 amide bonds. The maximum absolute atomic E-state index is 12.3. The van der Waals surface area contributed by atoms with Crippen LogP contribution in [-0.2, 0) is 10.5 Å². The van der Waals surface area contributed by atoms with Crippen molar-refractivity contribution in [1.29, 1.82) is 0 Å². The molecule has 1 N–H and O–H groups in total. The largest absolute Gasteiger partial charge is 0.508 e. The molecule has 4 nitrogen and oxygen atoms in total. The highest BCUT2D eigenvalue weighted by Gasteiger charge is 2.09. The molecule has 0 aliphatic carbocycles. The minimum Gasteiger partial charge on any atom is -0.508 e. The Balaban J connectivity index is 2.08. The number of phenols is 1. The average Bonchev–Trinajstić information content (AvgIpc) is 2.33. The minimum absolute atomic E-state index is 0.0856. The topological polar surface area (TPSA) is 63.6 Å². The van der Waals surface area contributed by atoms with Gasteiger partial charge in [-0.1, -0.05) is 15.6 Å². The molecule has 7 heteroatoms. The van der Waals surface area contributed by atoms with Gasteiger partial charge in [0.05, 0.1) is 0 Å². The Labute approximate surface area is 114 Å². The van der Waals surface area contributed by atoms with E-state index >= 15 is 0 Å². The van der Waals surface area contributed by atoms with Crippen LogP contribution in [0, 0.1) is 0 Å². The van der Waals surface area contributed by atoms with Crippen LogP contribution in [0.15, 0.2) is 58.3 Å². The molecule has 2 rings (SSSR count). The predicted octanol–water partition coefficient (Wildman–Crippen LogP) is 3.14. The molecule has 100 valence electrons. The van der Waals surface area contributed by atoms with Crippen LogP contribution >= 0.6 is 11.8 Å². The van der Waals surface area contributed by atoms with Crippen molar-refractivity contribution in [3.63, 3.8) is 0 Å². The first-order chi connectivity index (χ1) is 8.92. The van der Waals surface area contributed by atoms with Gasteiger partial charge in [0.2, 0.25) is 0 Å². The molecule has 0 spiro atoms. The van der Waals surface area contributed by atoms with Crippen LogP contribution in [0.4, 0.5) is 3.89 Å². The van der Waals surface area contributed by atoms with Crippen molar-refractivity contribution in [3.05, 3.63) is 48.5 Å². The van der Waals surface area contributed by atoms with Crippen molar-refractivity contribution in [2.45, 2.75) is 9.79 Å². The Morgan fingerprint density at radius 3 is 1.89 bits per heavy atom. The van der Waals surface area contributed by atoms with E-state index in [2.05, 4.69) is 4.18 Å². The quantitative estimate of drug-likeness (QED) is 0.879. The van der Waals surface area contributed by atoms with Crippen LogP contribution in [0.25, 0.3) is 0 Å². The van der Waals surface area contributed by atoms with Crippen molar-refractivity contribution in [2.24, 2.45) is 0 Å². The number of phenolic OH excluding ortho intramolecular Hbond substituents is 1. The summed E-state index contributed by atoms with van der Waals surface area (Å²) in [7, 11) is -4.99. The van der Waals surface area contributed by atoms with Crippen molar-refractivity contribution in [1.82, 2.24) is 0 Å². The monoisotopic (exact) mass is 300 g/mol. The van der Waals surface area contributed by atoms with E-state index in [1.807, 2.05) is 0 Å². The van der Waals surface area contributed by atoms with Gasteiger partial charge in [-0.15, -0.1) is 0 Å². The number of aromatic hydroxyl groups is 1. The van der Waals surface area contributed by atoms with E-state index in [1.54, 1.807) is 36.4 Å². The molecule has 0 aromatic heterocycles. The zero-order valence-corrected chi connectivity index (χ0v) is 11.1. The van der Waals surface area contributed by atoms with Gasteiger partial charge in [0, 0.05) is 9.79 Å². The van der Waals surface area contributed by atoms with E-state index in [0.717, 1.165) is 9.79 Å². The lowest BCUT2D eigenvalue weighted by atomic mass is 10.3. The second-order valence-electron chi connectivity index (χ2n) is 3.54. The third-order valence-corrected chi connectivity index (χ3v) is 3.50. The van der Waals surface area contributed by atoms with Crippen LogP contribution in [-0.4, -0.2) is 13.5 Å². The minimum atomic E-state index is -4.99. The summed E-state index contributed by atoms with van der Waals surface area (Å²) in [4.78, 5) is 1.74. The molecule has 0 fully saturated rings. The first-order valence-electron chi connectivity index (χ1n) is 5.13. The van der Waals surface area contributed by atoms with E-state index < -0.39 is 10.5 Å². The highest BCUT2D eigenvalue weighted by Crippen LogP contribution is 2.30. The number of benzene rings is 2. The second-order valence-corrected chi connectivity index (χ2v) is 5.64. The second kappa shape index (κ2) is 5.50. The van der Waals surface area contributed by atoms with Gasteiger partial charge in [-0.2, -0.15) is 8.42 Å². The summed E-state index contributed by atoms with van der Waals surface area (Å²) in [5, 5.41) is 9.15. The molecule has 0 saturated carbocycles. The summed E-state index contributed by atoms with van der Waals surface area (Å²) in [6.45, 7) is 0. The average molecular weight is 300 g/mol. The molecular formula is C12H9FO4S2. The fourth-order valence-corrected chi connectivity index (χ4v) is 2.49. The molecule has 2 aromatic carbocycles. The lowest BCUT2D eigenvalue weighted by Crippen LogP contribution is -2.00. The number of halogens is 1. The smallest absolute Gasteiger partial charge is 0.488 e. The molecule has 19 heavy (non-hydrogen) atoms. The molecule has 0 atom stereocenters. The van der Waals surface area contributed by atoms with E-state index in [0.29, 0.717) is 0 Å². The first kappa shape index (κ1) is 13.7. The predicted molar refractivity (Wildman–Crippen MR) is 69.3 cm³/mol. The van der Waals surface area contributed by atoms with Crippen LogP contribution in [0.3, 0.4) is 0 Å². The molecule has 0 aliphatic heterocycles. The van der Waals surface area contributed by atoms with Crippen molar-refractivity contribution in [2.75, 3.05) is 0 Å². The third-order valence-electron chi connectivity index (χ3n) is 2.09. The molecular weight excluding hydrogens is 291 g/mol. The van der Waals surface area contributed by atoms with Crippen molar-refractivity contribution in [3.8, 4) is 11.5 Å². The highest BCUT2D eigenvalue weighted by atomic mass is 32.3. The Morgan fingerprint density at radius 1 is 0.947 bits per heavy atom. The van der Waals surface area contributed by atoms with E-state index in [1.165, 1.54) is 23.9 Å². The fraction of sp³-hybridized carbons (Fsp3) is 0. The van der Waals surface area contributed by atoms with Gasteiger partial charge < -0.3 is 9.29 Å². The summed E-state index contributed by atoms with van der Waals surface area (Å²) in [5.74, 6) is 0.0961. The van der Waals surface area contributed by atoms with Crippen LogP contribution in [0.5, 0.6) is 11.5 Å². The van der Waals surface area contributed by atoms with E-state index in [9.17, 15) is 12.3 Å². The zero-order valence-electron chi connectivity index (χ0n) is 9.49. The molecule has 0 saturated heterocycles. The molecule has 0 bridgehead atoms. The van der Waals surface area contributed by atoms with Gasteiger partial charge in [-0.05, 0) is 48.5 Å². The molecule has 0 heterocycles. The lowest BCUT2D eigenvalue weighted by Gasteiger charge is -2.03. The van der Waals surface area contributed by atoms with Crippen molar-refractivity contribution < 1.29 is 21.6 Å². The highest BCUT2D eigenvalue weighted by molar-refractivity contribution is 7.99. The maximum Gasteiger partial charge on any atom is 0.488 e. The number of hydrogen-bond acceptors (Lipinski definition) is 5. The normalized spacial score (nSPS) is 11.2. The molecule has 2 aromatic rings. The molecule has 0 aliphatic rings. The zero-order chi connectivity index (χ0) is 13.9. The Hall–Kier alpha value is -1.73. The van der Waals surface area contributed by atoms with Gasteiger partial charge in [-0.25, -0.2) is 0 Å². The number of rotatable bonds is 4. The summed E-state index contributed by atoms with van der Waals surface area (Å²) in [6.07, 6.45) is 0. The standard InChI is InChI=1S/C12H9FO4S2/c13-19(15,16)17-10-3-7-12(8-4-10)18-11-5-1-9(14)2-6-11/h1-8,14H. The maximum atomic E-state index is 12.3. The summed E-state index contributed by atoms with van der Waals surface area (Å²) < 4.78 is 36.9. The van der Waals surface area contributed by atoms with Gasteiger partial charge in [0.25, 0.3) is 0 Å².